The van der Waals surface area contributed by atoms with Crippen molar-refractivity contribution in [3.63, 3.8) is 0 Å². The number of pyridine rings is 1. The van der Waals surface area contributed by atoms with Gasteiger partial charge in [-0.25, -0.2) is 0 Å². The van der Waals surface area contributed by atoms with E-state index in [1.807, 2.05) is 18.3 Å². The summed E-state index contributed by atoms with van der Waals surface area (Å²) in [5.74, 6) is 1.70. The van der Waals surface area contributed by atoms with Crippen molar-refractivity contribution >= 4 is 22.6 Å². The zero-order chi connectivity index (χ0) is 10.7. The minimum atomic E-state index is 0.453. The molecule has 0 saturated heterocycles. The monoisotopic (exact) mass is 221 g/mol. The van der Waals surface area contributed by atoms with Gasteiger partial charge in [0, 0.05) is 11.9 Å². The molecule has 1 aromatic rings. The summed E-state index contributed by atoms with van der Waals surface area (Å²) in [6, 6.07) is 4.37. The second-order valence-electron chi connectivity index (χ2n) is 3.92. The highest BCUT2D eigenvalue weighted by atomic mass is 32.2. The molecule has 0 bridgehead atoms. The van der Waals surface area contributed by atoms with Crippen molar-refractivity contribution in [3.05, 3.63) is 24.5 Å². The van der Waals surface area contributed by atoms with E-state index < -0.39 is 0 Å². The molecule has 80 valence electrons. The third-order valence-corrected chi connectivity index (χ3v) is 3.35. The van der Waals surface area contributed by atoms with Crippen LogP contribution >= 0.6 is 11.8 Å². The Kier molecular flexibility index (Phi) is 3.26. The van der Waals surface area contributed by atoms with Crippen LogP contribution in [0.5, 0.6) is 0 Å². The Hall–Kier alpha value is -1.03. The summed E-state index contributed by atoms with van der Waals surface area (Å²) in [6.07, 6.45) is 3.58. The van der Waals surface area contributed by atoms with Crippen molar-refractivity contribution in [2.45, 2.75) is 19.9 Å². The van der Waals surface area contributed by atoms with Crippen LogP contribution in [0.4, 0.5) is 5.69 Å². The van der Waals surface area contributed by atoms with E-state index in [-0.39, 0.29) is 0 Å². The van der Waals surface area contributed by atoms with Crippen molar-refractivity contribution < 1.29 is 0 Å². The summed E-state index contributed by atoms with van der Waals surface area (Å²) >= 11 is 1.78. The van der Waals surface area contributed by atoms with Crippen molar-refractivity contribution in [1.29, 1.82) is 0 Å². The third kappa shape index (κ3) is 2.72. The van der Waals surface area contributed by atoms with Gasteiger partial charge in [0.15, 0.2) is 5.17 Å². The van der Waals surface area contributed by atoms with E-state index in [0.29, 0.717) is 12.0 Å². The molecule has 1 aliphatic rings. The van der Waals surface area contributed by atoms with Crippen LogP contribution < -0.4 is 5.32 Å². The Morgan fingerprint density at radius 1 is 1.53 bits per heavy atom. The van der Waals surface area contributed by atoms with E-state index in [1.165, 1.54) is 0 Å². The smallest absolute Gasteiger partial charge is 0.161 e. The molecule has 0 radical (unpaired) electrons. The molecule has 4 heteroatoms. The van der Waals surface area contributed by atoms with Crippen LogP contribution in [0.1, 0.15) is 13.8 Å². The Morgan fingerprint density at radius 2 is 2.40 bits per heavy atom. The maximum absolute atomic E-state index is 4.62. The van der Waals surface area contributed by atoms with Gasteiger partial charge in [-0.2, -0.15) is 0 Å². The second-order valence-corrected chi connectivity index (χ2v) is 4.93. The van der Waals surface area contributed by atoms with Gasteiger partial charge in [0.25, 0.3) is 0 Å². The molecule has 0 spiro atoms. The SMILES string of the molecule is CC(C)[C@@H]1CSC(Nc2cccnc2)=N1. The van der Waals surface area contributed by atoms with E-state index >= 15 is 0 Å². The Labute approximate surface area is 94.4 Å². The van der Waals surface area contributed by atoms with Gasteiger partial charge in [-0.3, -0.25) is 9.98 Å². The first-order valence-electron chi connectivity index (χ1n) is 5.13. The summed E-state index contributed by atoms with van der Waals surface area (Å²) in [4.78, 5) is 8.68. The van der Waals surface area contributed by atoms with Gasteiger partial charge < -0.3 is 5.32 Å². The lowest BCUT2D eigenvalue weighted by atomic mass is 10.1. The molecular weight excluding hydrogens is 206 g/mol. The first kappa shape index (κ1) is 10.5. The number of amidine groups is 1. The molecule has 1 N–H and O–H groups in total. The quantitative estimate of drug-likeness (QED) is 0.834. The van der Waals surface area contributed by atoms with E-state index in [1.54, 1.807) is 18.0 Å². The fraction of sp³-hybridized carbons (Fsp3) is 0.455. The number of aromatic nitrogens is 1. The van der Waals surface area contributed by atoms with Gasteiger partial charge in [-0.05, 0) is 18.1 Å². The molecule has 0 fully saturated rings. The number of aliphatic imine (C=N–C) groups is 1. The number of hydrogen-bond acceptors (Lipinski definition) is 4. The number of anilines is 1. The normalized spacial score (nSPS) is 20.5. The molecule has 0 aromatic carbocycles. The molecule has 2 heterocycles. The predicted octanol–water partition coefficient (Wildman–Crippen LogP) is 2.62. The molecule has 0 saturated carbocycles. The number of thioether (sulfide) groups is 1. The summed E-state index contributed by atoms with van der Waals surface area (Å²) < 4.78 is 0. The zero-order valence-electron chi connectivity index (χ0n) is 8.97. The zero-order valence-corrected chi connectivity index (χ0v) is 9.79. The average Bonchev–Trinajstić information content (AvgIpc) is 2.68. The number of rotatable bonds is 2. The van der Waals surface area contributed by atoms with Gasteiger partial charge >= 0.3 is 0 Å². The third-order valence-electron chi connectivity index (χ3n) is 2.36. The Morgan fingerprint density at radius 3 is 3.00 bits per heavy atom. The molecule has 0 unspecified atom stereocenters. The standard InChI is InChI=1S/C11H15N3S/c1-8(2)10-7-15-11(14-10)13-9-4-3-5-12-6-9/h3-6,8,10H,7H2,1-2H3,(H,13,14)/t10-/m0/s1. The fourth-order valence-electron chi connectivity index (χ4n) is 1.36. The summed E-state index contributed by atoms with van der Waals surface area (Å²) in [5, 5.41) is 4.29. The molecule has 3 nitrogen and oxygen atoms in total. The van der Waals surface area contributed by atoms with Gasteiger partial charge in [0.2, 0.25) is 0 Å². The van der Waals surface area contributed by atoms with Gasteiger partial charge in [0.05, 0.1) is 17.9 Å². The molecule has 1 atom stereocenters. The predicted molar refractivity (Wildman–Crippen MR) is 66.4 cm³/mol. The summed E-state index contributed by atoms with van der Waals surface area (Å²) in [5.41, 5.74) is 1.01. The topological polar surface area (TPSA) is 37.3 Å². The minimum Gasteiger partial charge on any atom is -0.334 e. The van der Waals surface area contributed by atoms with Crippen LogP contribution in [0.2, 0.25) is 0 Å². The number of nitrogens with zero attached hydrogens (tertiary/aromatic N) is 2. The van der Waals surface area contributed by atoms with E-state index in [2.05, 4.69) is 29.1 Å². The highest BCUT2D eigenvalue weighted by Gasteiger charge is 2.20. The molecule has 2 rings (SSSR count). The lowest BCUT2D eigenvalue weighted by Crippen LogP contribution is -2.12. The van der Waals surface area contributed by atoms with Crippen LogP contribution in [0.3, 0.4) is 0 Å². The van der Waals surface area contributed by atoms with Gasteiger partial charge in [0.1, 0.15) is 0 Å². The van der Waals surface area contributed by atoms with Gasteiger partial charge in [-0.1, -0.05) is 25.6 Å². The summed E-state index contributed by atoms with van der Waals surface area (Å²) in [7, 11) is 0. The Balaban J connectivity index is 2.00. The molecular formula is C11H15N3S. The van der Waals surface area contributed by atoms with Crippen molar-refractivity contribution in [2.24, 2.45) is 10.9 Å². The molecule has 0 amide bonds. The highest BCUT2D eigenvalue weighted by molar-refractivity contribution is 8.14. The van der Waals surface area contributed by atoms with E-state index in [9.17, 15) is 0 Å². The van der Waals surface area contributed by atoms with Crippen LogP contribution in [-0.2, 0) is 0 Å². The highest BCUT2D eigenvalue weighted by Crippen LogP contribution is 2.23. The minimum absolute atomic E-state index is 0.453. The second kappa shape index (κ2) is 4.66. The first-order chi connectivity index (χ1) is 7.25. The van der Waals surface area contributed by atoms with Crippen molar-refractivity contribution in [1.82, 2.24) is 4.98 Å². The molecule has 1 aromatic heterocycles. The van der Waals surface area contributed by atoms with Crippen LogP contribution in [0.25, 0.3) is 0 Å². The molecule has 15 heavy (non-hydrogen) atoms. The van der Waals surface area contributed by atoms with E-state index in [0.717, 1.165) is 16.6 Å². The number of nitrogens with one attached hydrogen (secondary N) is 1. The lowest BCUT2D eigenvalue weighted by molar-refractivity contribution is 0.543. The largest absolute Gasteiger partial charge is 0.334 e. The first-order valence-corrected chi connectivity index (χ1v) is 6.12. The van der Waals surface area contributed by atoms with Gasteiger partial charge in [-0.15, -0.1) is 0 Å². The van der Waals surface area contributed by atoms with Crippen LogP contribution in [-0.4, -0.2) is 21.9 Å². The maximum atomic E-state index is 4.62. The lowest BCUT2D eigenvalue weighted by Gasteiger charge is -2.07. The number of hydrogen-bond donors (Lipinski definition) is 1. The van der Waals surface area contributed by atoms with Crippen LogP contribution in [0, 0.1) is 5.92 Å². The average molecular weight is 221 g/mol. The van der Waals surface area contributed by atoms with Crippen LogP contribution in [0.15, 0.2) is 29.5 Å². The maximum Gasteiger partial charge on any atom is 0.161 e. The fourth-order valence-corrected chi connectivity index (χ4v) is 2.55. The molecule has 1 aliphatic heterocycles. The van der Waals surface area contributed by atoms with E-state index in [4.69, 9.17) is 0 Å². The molecule has 0 aliphatic carbocycles. The summed E-state index contributed by atoms with van der Waals surface area (Å²) in [6.45, 7) is 4.42. The Bertz CT molecular complexity index is 348. The van der Waals surface area contributed by atoms with Crippen molar-refractivity contribution in [3.8, 4) is 0 Å². The van der Waals surface area contributed by atoms with Crippen molar-refractivity contribution in [2.75, 3.05) is 11.1 Å².